The zero-order valence-electron chi connectivity index (χ0n) is 17.7. The molecule has 1 fully saturated rings. The number of carbonyl (C=O) groups is 2. The van der Waals surface area contributed by atoms with Crippen molar-refractivity contribution in [2.75, 3.05) is 24.6 Å². The average Bonchev–Trinajstić information content (AvgIpc) is 3.47. The van der Waals surface area contributed by atoms with Gasteiger partial charge >= 0.3 is 0 Å². The first-order chi connectivity index (χ1) is 15.6. The van der Waals surface area contributed by atoms with Crippen molar-refractivity contribution >= 4 is 28.5 Å². The van der Waals surface area contributed by atoms with Crippen LogP contribution >= 0.6 is 0 Å². The Bertz CT molecular complexity index is 1340. The molecule has 2 aromatic carbocycles. The summed E-state index contributed by atoms with van der Waals surface area (Å²) in [7, 11) is 0. The van der Waals surface area contributed by atoms with Crippen molar-refractivity contribution in [2.45, 2.75) is 31.4 Å². The topological polar surface area (TPSA) is 80.1 Å². The maximum Gasteiger partial charge on any atom is 0.291 e. The van der Waals surface area contributed by atoms with Gasteiger partial charge in [-0.1, -0.05) is 30.3 Å². The van der Waals surface area contributed by atoms with Crippen molar-refractivity contribution in [1.82, 2.24) is 4.90 Å². The molecule has 2 amide bonds. The maximum atomic E-state index is 14.1. The standard InChI is InChI=1S/C25H22N2O5/c1-2-26-18-11-5-4-10-17(18)25(24(26)30)20-21(28)16-9-3-6-12-19(16)32-22(20)23(29)27(25)14-15-8-7-13-31-15/h3-6,9-12,15H,2,7-8,13-14H2,1H3/t15-,25+/m0/s1. The summed E-state index contributed by atoms with van der Waals surface area (Å²) in [5, 5.41) is 0.359. The highest BCUT2D eigenvalue weighted by Gasteiger charge is 2.65. The van der Waals surface area contributed by atoms with Gasteiger partial charge in [0.15, 0.2) is 11.0 Å². The Labute approximate surface area is 184 Å². The summed E-state index contributed by atoms with van der Waals surface area (Å²) in [6.45, 7) is 3.16. The minimum atomic E-state index is -1.55. The molecule has 0 saturated carbocycles. The van der Waals surface area contributed by atoms with Gasteiger partial charge in [0.2, 0.25) is 5.76 Å². The molecule has 32 heavy (non-hydrogen) atoms. The smallest absolute Gasteiger partial charge is 0.291 e. The molecule has 2 atom stereocenters. The number of carbonyl (C=O) groups excluding carboxylic acids is 2. The van der Waals surface area contributed by atoms with Crippen molar-refractivity contribution < 1.29 is 18.7 Å². The third kappa shape index (κ3) is 2.26. The number of anilines is 1. The molecule has 162 valence electrons. The Balaban J connectivity index is 1.70. The Hall–Kier alpha value is -3.45. The summed E-state index contributed by atoms with van der Waals surface area (Å²) in [4.78, 5) is 44.9. The van der Waals surface area contributed by atoms with E-state index in [1.165, 1.54) is 4.90 Å². The third-order valence-electron chi connectivity index (χ3n) is 6.87. The summed E-state index contributed by atoms with van der Waals surface area (Å²) < 4.78 is 11.8. The third-order valence-corrected chi connectivity index (χ3v) is 6.87. The van der Waals surface area contributed by atoms with E-state index in [0.29, 0.717) is 35.4 Å². The SMILES string of the molecule is CCN1C(=O)[C@@]2(c3ccccc31)c1c(oc3ccccc3c1=O)C(=O)N2C[C@@H]1CCCO1. The number of hydrogen-bond donors (Lipinski definition) is 0. The molecule has 0 aliphatic carbocycles. The van der Waals surface area contributed by atoms with Gasteiger partial charge in [0, 0.05) is 25.3 Å². The van der Waals surface area contributed by atoms with Crippen LogP contribution in [0.5, 0.6) is 0 Å². The van der Waals surface area contributed by atoms with E-state index in [2.05, 4.69) is 0 Å². The fraction of sp³-hybridized carbons (Fsp3) is 0.320. The van der Waals surface area contributed by atoms with Gasteiger partial charge in [-0.05, 0) is 38.0 Å². The molecule has 3 aromatic rings. The Morgan fingerprint density at radius 2 is 1.84 bits per heavy atom. The molecule has 1 saturated heterocycles. The summed E-state index contributed by atoms with van der Waals surface area (Å²) in [6.07, 6.45) is 1.51. The van der Waals surface area contributed by atoms with Gasteiger partial charge in [-0.25, -0.2) is 0 Å². The number of benzene rings is 2. The van der Waals surface area contributed by atoms with Crippen LogP contribution in [0.4, 0.5) is 5.69 Å². The van der Waals surface area contributed by atoms with Crippen molar-refractivity contribution in [1.29, 1.82) is 0 Å². The first-order valence-electron chi connectivity index (χ1n) is 11.0. The maximum absolute atomic E-state index is 14.1. The molecule has 0 bridgehead atoms. The second kappa shape index (κ2) is 6.77. The van der Waals surface area contributed by atoms with E-state index in [1.807, 2.05) is 31.2 Å². The summed E-state index contributed by atoms with van der Waals surface area (Å²) in [6, 6.07) is 14.2. The number of likely N-dealkylation sites (N-methyl/N-ethyl adjacent to an activating group) is 1. The number of amides is 2. The summed E-state index contributed by atoms with van der Waals surface area (Å²) >= 11 is 0. The van der Waals surface area contributed by atoms with Crippen LogP contribution in [0.25, 0.3) is 11.0 Å². The van der Waals surface area contributed by atoms with Crippen molar-refractivity contribution in [2.24, 2.45) is 0 Å². The number of para-hydroxylation sites is 2. The normalized spacial score (nSPS) is 24.1. The van der Waals surface area contributed by atoms with Crippen LogP contribution in [-0.2, 0) is 15.1 Å². The lowest BCUT2D eigenvalue weighted by Gasteiger charge is -2.35. The van der Waals surface area contributed by atoms with Gasteiger partial charge in [0.05, 0.1) is 22.7 Å². The van der Waals surface area contributed by atoms with Gasteiger partial charge in [0.1, 0.15) is 5.58 Å². The molecule has 0 N–H and O–H groups in total. The van der Waals surface area contributed by atoms with Crippen LogP contribution in [0.1, 0.15) is 41.4 Å². The van der Waals surface area contributed by atoms with Crippen LogP contribution in [0.2, 0.25) is 0 Å². The van der Waals surface area contributed by atoms with E-state index in [1.54, 1.807) is 29.2 Å². The van der Waals surface area contributed by atoms with Gasteiger partial charge in [0.25, 0.3) is 11.8 Å². The number of rotatable bonds is 3. The zero-order valence-corrected chi connectivity index (χ0v) is 17.7. The lowest BCUT2D eigenvalue weighted by atomic mass is 9.83. The zero-order chi connectivity index (χ0) is 22.0. The Morgan fingerprint density at radius 3 is 2.62 bits per heavy atom. The lowest BCUT2D eigenvalue weighted by Crippen LogP contribution is -2.55. The highest BCUT2D eigenvalue weighted by atomic mass is 16.5. The summed E-state index contributed by atoms with van der Waals surface area (Å²) in [5.74, 6) is -0.791. The second-order valence-electron chi connectivity index (χ2n) is 8.46. The van der Waals surface area contributed by atoms with Crippen LogP contribution in [0.3, 0.4) is 0 Å². The van der Waals surface area contributed by atoms with Gasteiger partial charge in [-0.15, -0.1) is 0 Å². The molecule has 3 aliphatic rings. The van der Waals surface area contributed by atoms with Crippen molar-refractivity contribution in [3.8, 4) is 0 Å². The van der Waals surface area contributed by atoms with Crippen molar-refractivity contribution in [3.63, 3.8) is 0 Å². The number of fused-ring (bicyclic) bond motifs is 5. The molecule has 1 aromatic heterocycles. The molecule has 6 rings (SSSR count). The van der Waals surface area contributed by atoms with Gasteiger partial charge in [-0.2, -0.15) is 0 Å². The van der Waals surface area contributed by atoms with E-state index in [4.69, 9.17) is 9.15 Å². The first kappa shape index (κ1) is 19.3. The Morgan fingerprint density at radius 1 is 1.06 bits per heavy atom. The quantitative estimate of drug-likeness (QED) is 0.638. The molecular weight excluding hydrogens is 408 g/mol. The van der Waals surface area contributed by atoms with Gasteiger partial charge in [-0.3, -0.25) is 14.4 Å². The highest BCUT2D eigenvalue weighted by molar-refractivity contribution is 6.17. The molecule has 0 radical (unpaired) electrons. The van der Waals surface area contributed by atoms with Crippen LogP contribution in [-0.4, -0.2) is 42.5 Å². The predicted octanol–water partition coefficient (Wildman–Crippen LogP) is 3.04. The monoisotopic (exact) mass is 430 g/mol. The second-order valence-corrected chi connectivity index (χ2v) is 8.46. The summed E-state index contributed by atoms with van der Waals surface area (Å²) in [5.41, 5.74) is -0.0797. The molecule has 3 aliphatic heterocycles. The average molecular weight is 430 g/mol. The first-order valence-corrected chi connectivity index (χ1v) is 11.0. The minimum Gasteiger partial charge on any atom is -0.450 e. The number of nitrogens with zero attached hydrogens (tertiary/aromatic N) is 2. The molecule has 0 unspecified atom stereocenters. The fourth-order valence-electron chi connectivity index (χ4n) is 5.49. The van der Waals surface area contributed by atoms with E-state index in [-0.39, 0.29) is 35.3 Å². The van der Waals surface area contributed by atoms with Crippen molar-refractivity contribution in [3.05, 3.63) is 75.6 Å². The highest BCUT2D eigenvalue weighted by Crippen LogP contribution is 2.52. The number of hydrogen-bond acceptors (Lipinski definition) is 5. The number of ether oxygens (including phenoxy) is 1. The van der Waals surface area contributed by atoms with Crippen LogP contribution in [0.15, 0.2) is 57.7 Å². The fourth-order valence-corrected chi connectivity index (χ4v) is 5.49. The molecule has 4 heterocycles. The molecule has 1 spiro atoms. The van der Waals surface area contributed by atoms with Crippen LogP contribution < -0.4 is 10.3 Å². The predicted molar refractivity (Wildman–Crippen MR) is 118 cm³/mol. The largest absolute Gasteiger partial charge is 0.450 e. The van der Waals surface area contributed by atoms with Gasteiger partial charge < -0.3 is 19.0 Å². The lowest BCUT2D eigenvalue weighted by molar-refractivity contribution is -0.126. The Kier molecular flexibility index (Phi) is 4.07. The van der Waals surface area contributed by atoms with E-state index in [9.17, 15) is 14.4 Å². The molecular formula is C25H22N2O5. The van der Waals surface area contributed by atoms with E-state index < -0.39 is 11.4 Å². The van der Waals surface area contributed by atoms with E-state index >= 15 is 0 Å². The molecule has 7 nitrogen and oxygen atoms in total. The minimum absolute atomic E-state index is 0.0483. The van der Waals surface area contributed by atoms with E-state index in [0.717, 1.165) is 12.8 Å². The van der Waals surface area contributed by atoms with Crippen LogP contribution in [0, 0.1) is 0 Å². The molecule has 7 heteroatoms.